The van der Waals surface area contributed by atoms with E-state index in [0.29, 0.717) is 6.04 Å². The molecule has 14 heavy (non-hydrogen) atoms. The molecular formula is C12H26N2. The van der Waals surface area contributed by atoms with Crippen LogP contribution in [-0.2, 0) is 0 Å². The first-order valence-corrected chi connectivity index (χ1v) is 6.27. The molecule has 2 N–H and O–H groups in total. The summed E-state index contributed by atoms with van der Waals surface area (Å²) in [4.78, 5) is 2.65. The molecule has 0 saturated carbocycles. The molecule has 0 aromatic heterocycles. The Bertz CT molecular complexity index is 147. The van der Waals surface area contributed by atoms with Gasteiger partial charge >= 0.3 is 0 Å². The third-order valence-electron chi connectivity index (χ3n) is 3.43. The zero-order valence-corrected chi connectivity index (χ0v) is 9.84. The van der Waals surface area contributed by atoms with Gasteiger partial charge in [-0.25, -0.2) is 0 Å². The molecular weight excluding hydrogens is 172 g/mol. The fourth-order valence-electron chi connectivity index (χ4n) is 2.39. The normalized spacial score (nSPS) is 25.5. The largest absolute Gasteiger partial charge is 0.328 e. The van der Waals surface area contributed by atoms with Crippen molar-refractivity contribution in [1.82, 2.24) is 4.90 Å². The molecule has 0 amide bonds. The van der Waals surface area contributed by atoms with Gasteiger partial charge in [0.2, 0.25) is 0 Å². The van der Waals surface area contributed by atoms with Crippen LogP contribution in [0.2, 0.25) is 0 Å². The van der Waals surface area contributed by atoms with Gasteiger partial charge in [0.15, 0.2) is 0 Å². The lowest BCUT2D eigenvalue weighted by Crippen LogP contribution is -2.33. The van der Waals surface area contributed by atoms with Gasteiger partial charge in [-0.05, 0) is 45.2 Å². The van der Waals surface area contributed by atoms with Crippen LogP contribution in [-0.4, -0.2) is 30.1 Å². The molecule has 2 nitrogen and oxygen atoms in total. The van der Waals surface area contributed by atoms with Crippen molar-refractivity contribution in [2.75, 3.05) is 13.1 Å². The molecule has 1 saturated heterocycles. The summed E-state index contributed by atoms with van der Waals surface area (Å²) in [7, 11) is 0. The number of nitrogens with two attached hydrogens (primary N) is 1. The second kappa shape index (κ2) is 6.41. The Morgan fingerprint density at radius 1 is 1.43 bits per heavy atom. The molecule has 1 heterocycles. The van der Waals surface area contributed by atoms with Crippen LogP contribution in [0.25, 0.3) is 0 Å². The van der Waals surface area contributed by atoms with Gasteiger partial charge in [0.25, 0.3) is 0 Å². The standard InChI is InChI=1S/C12H26N2/c1-3-6-12-7-5-9-14(12)10-8-11(13)4-2/h11-12H,3-10,13H2,1-2H3. The lowest BCUT2D eigenvalue weighted by molar-refractivity contribution is 0.232. The maximum atomic E-state index is 5.94. The van der Waals surface area contributed by atoms with Crippen molar-refractivity contribution < 1.29 is 0 Å². The molecule has 0 aromatic rings. The molecule has 0 aromatic carbocycles. The Kier molecular flexibility index (Phi) is 5.49. The van der Waals surface area contributed by atoms with Crippen molar-refractivity contribution in [3.63, 3.8) is 0 Å². The van der Waals surface area contributed by atoms with Crippen molar-refractivity contribution >= 4 is 0 Å². The third kappa shape index (κ3) is 3.58. The number of hydrogen-bond donors (Lipinski definition) is 1. The maximum absolute atomic E-state index is 5.94. The molecule has 84 valence electrons. The van der Waals surface area contributed by atoms with Gasteiger partial charge in [-0.15, -0.1) is 0 Å². The van der Waals surface area contributed by atoms with Crippen LogP contribution in [0.4, 0.5) is 0 Å². The highest BCUT2D eigenvalue weighted by molar-refractivity contribution is 4.79. The van der Waals surface area contributed by atoms with Crippen LogP contribution in [0.5, 0.6) is 0 Å². The summed E-state index contributed by atoms with van der Waals surface area (Å²) in [6.07, 6.45) is 7.80. The van der Waals surface area contributed by atoms with E-state index in [1.54, 1.807) is 0 Å². The van der Waals surface area contributed by atoms with Gasteiger partial charge < -0.3 is 10.6 Å². The average Bonchev–Trinajstić information content (AvgIpc) is 2.62. The number of rotatable bonds is 6. The van der Waals surface area contributed by atoms with Gasteiger partial charge in [0.05, 0.1) is 0 Å². The monoisotopic (exact) mass is 198 g/mol. The Balaban J connectivity index is 2.21. The van der Waals surface area contributed by atoms with Crippen molar-refractivity contribution in [2.24, 2.45) is 5.73 Å². The summed E-state index contributed by atoms with van der Waals surface area (Å²) in [6, 6.07) is 1.28. The summed E-state index contributed by atoms with van der Waals surface area (Å²) < 4.78 is 0. The minimum absolute atomic E-state index is 0.415. The number of likely N-dealkylation sites (tertiary alicyclic amines) is 1. The van der Waals surface area contributed by atoms with E-state index in [-0.39, 0.29) is 0 Å². The van der Waals surface area contributed by atoms with Crippen LogP contribution in [0, 0.1) is 0 Å². The van der Waals surface area contributed by atoms with E-state index in [0.717, 1.165) is 12.5 Å². The van der Waals surface area contributed by atoms with Gasteiger partial charge in [-0.1, -0.05) is 20.3 Å². The minimum Gasteiger partial charge on any atom is -0.328 e. The number of hydrogen-bond acceptors (Lipinski definition) is 2. The highest BCUT2D eigenvalue weighted by atomic mass is 15.2. The molecule has 2 heteroatoms. The quantitative estimate of drug-likeness (QED) is 0.710. The predicted molar refractivity (Wildman–Crippen MR) is 62.4 cm³/mol. The third-order valence-corrected chi connectivity index (χ3v) is 3.43. The molecule has 0 spiro atoms. The fourth-order valence-corrected chi connectivity index (χ4v) is 2.39. The van der Waals surface area contributed by atoms with Gasteiger partial charge in [0, 0.05) is 12.1 Å². The first kappa shape index (κ1) is 12.0. The minimum atomic E-state index is 0.415. The summed E-state index contributed by atoms with van der Waals surface area (Å²) in [5.41, 5.74) is 5.94. The van der Waals surface area contributed by atoms with Crippen molar-refractivity contribution in [2.45, 2.75) is 64.5 Å². The molecule has 1 fully saturated rings. The Labute approximate surface area is 88.8 Å². The molecule has 2 unspecified atom stereocenters. The molecule has 1 rings (SSSR count). The topological polar surface area (TPSA) is 29.3 Å². The maximum Gasteiger partial charge on any atom is 0.00956 e. The van der Waals surface area contributed by atoms with E-state index in [2.05, 4.69) is 18.7 Å². The second-order valence-electron chi connectivity index (χ2n) is 4.58. The second-order valence-corrected chi connectivity index (χ2v) is 4.58. The van der Waals surface area contributed by atoms with Crippen LogP contribution in [0.3, 0.4) is 0 Å². The summed E-state index contributed by atoms with van der Waals surface area (Å²) in [5, 5.41) is 0. The summed E-state index contributed by atoms with van der Waals surface area (Å²) >= 11 is 0. The fraction of sp³-hybridized carbons (Fsp3) is 1.00. The van der Waals surface area contributed by atoms with Crippen molar-refractivity contribution in [3.8, 4) is 0 Å². The van der Waals surface area contributed by atoms with E-state index in [1.165, 1.54) is 45.2 Å². The highest BCUT2D eigenvalue weighted by Crippen LogP contribution is 2.21. The zero-order valence-electron chi connectivity index (χ0n) is 9.84. The predicted octanol–water partition coefficient (Wildman–Crippen LogP) is 2.38. The highest BCUT2D eigenvalue weighted by Gasteiger charge is 2.23. The summed E-state index contributed by atoms with van der Waals surface area (Å²) in [5.74, 6) is 0. The molecule has 0 radical (unpaired) electrons. The van der Waals surface area contributed by atoms with Crippen molar-refractivity contribution in [3.05, 3.63) is 0 Å². The van der Waals surface area contributed by atoms with E-state index < -0.39 is 0 Å². The van der Waals surface area contributed by atoms with Crippen LogP contribution < -0.4 is 5.73 Å². The first-order valence-electron chi connectivity index (χ1n) is 6.27. The molecule has 1 aliphatic rings. The van der Waals surface area contributed by atoms with Gasteiger partial charge in [0.1, 0.15) is 0 Å². The first-order chi connectivity index (χ1) is 6.77. The van der Waals surface area contributed by atoms with Crippen LogP contribution >= 0.6 is 0 Å². The SMILES string of the molecule is CCCC1CCCN1CCC(N)CC. The lowest BCUT2D eigenvalue weighted by Gasteiger charge is -2.25. The van der Waals surface area contributed by atoms with Crippen LogP contribution in [0.15, 0.2) is 0 Å². The smallest absolute Gasteiger partial charge is 0.00956 e. The Morgan fingerprint density at radius 3 is 2.86 bits per heavy atom. The Morgan fingerprint density at radius 2 is 2.21 bits per heavy atom. The van der Waals surface area contributed by atoms with E-state index in [1.807, 2.05) is 0 Å². The zero-order chi connectivity index (χ0) is 10.4. The van der Waals surface area contributed by atoms with Gasteiger partial charge in [-0.3, -0.25) is 0 Å². The number of nitrogens with zero attached hydrogens (tertiary/aromatic N) is 1. The van der Waals surface area contributed by atoms with E-state index >= 15 is 0 Å². The van der Waals surface area contributed by atoms with E-state index in [4.69, 9.17) is 5.73 Å². The molecule has 2 atom stereocenters. The molecule has 0 aliphatic carbocycles. The molecule has 0 bridgehead atoms. The van der Waals surface area contributed by atoms with Crippen molar-refractivity contribution in [1.29, 1.82) is 0 Å². The average molecular weight is 198 g/mol. The summed E-state index contributed by atoms with van der Waals surface area (Å²) in [6.45, 7) is 6.99. The van der Waals surface area contributed by atoms with Gasteiger partial charge in [-0.2, -0.15) is 0 Å². The van der Waals surface area contributed by atoms with Crippen LogP contribution in [0.1, 0.15) is 52.4 Å². The van der Waals surface area contributed by atoms with E-state index in [9.17, 15) is 0 Å². The Hall–Kier alpha value is -0.0800. The lowest BCUT2D eigenvalue weighted by atomic mass is 10.1. The molecule has 1 aliphatic heterocycles.